The molecule has 0 bridgehead atoms. The van der Waals surface area contributed by atoms with E-state index in [-0.39, 0.29) is 93.5 Å². The molecule has 0 aromatic carbocycles. The molecule has 0 aliphatic carbocycles. The zero-order valence-corrected chi connectivity index (χ0v) is 64.0. The first-order chi connectivity index (χ1) is 44.3. The molecule has 0 amide bonds. The van der Waals surface area contributed by atoms with E-state index in [1.54, 1.807) is 108 Å². The molecule has 0 spiro atoms. The first-order valence-electron chi connectivity index (χ1n) is 28.8. The van der Waals surface area contributed by atoms with Crippen LogP contribution in [0.4, 0.5) is 0 Å². The second-order valence-corrected chi connectivity index (χ2v) is 33.7. The molecule has 0 rings (SSSR count). The maximum absolute atomic E-state index is 11.1. The van der Waals surface area contributed by atoms with Gasteiger partial charge in [0.1, 0.15) is 37.6 Å². The smallest absolute Gasteiger partial charge is 0.330 e. The Bertz CT molecular complexity index is 2160. The second kappa shape index (κ2) is 77.8. The molecule has 6 unspecified atom stereocenters. The number of rotatable bonds is 49. The molecular formula is C69H118O20S10. The van der Waals surface area contributed by atoms with Crippen molar-refractivity contribution in [3.8, 4) is 0 Å². The molecule has 0 aromatic rings. The summed E-state index contributed by atoms with van der Waals surface area (Å²) in [7, 11) is 16.4. The number of carbonyl (C=O) groups excluding carboxylic acids is 10. The third kappa shape index (κ3) is 84.2. The molecule has 30 heteroatoms. The predicted molar refractivity (Wildman–Crippen MR) is 434 cm³/mol. The zero-order valence-electron chi connectivity index (χ0n) is 55.9. The minimum absolute atomic E-state index is 0. The van der Waals surface area contributed by atoms with E-state index in [9.17, 15) is 47.9 Å². The molecule has 0 saturated heterocycles. The van der Waals surface area contributed by atoms with Gasteiger partial charge in [0.2, 0.25) is 0 Å². The molecule has 0 N–H and O–H groups in total. The predicted octanol–water partition coefficient (Wildman–Crippen LogP) is 17.8. The lowest BCUT2D eigenvalue weighted by Crippen LogP contribution is -2.25. The lowest BCUT2D eigenvalue weighted by Gasteiger charge is -2.29. The van der Waals surface area contributed by atoms with Crippen LogP contribution in [0.2, 0.25) is 0 Å². The molecule has 574 valence electrons. The number of carbonyl (C=O) groups is 10. The van der Waals surface area contributed by atoms with E-state index in [2.05, 4.69) is 93.5 Å². The number of esters is 10. The van der Waals surface area contributed by atoms with Crippen molar-refractivity contribution in [3.05, 3.63) is 127 Å². The summed E-state index contributed by atoms with van der Waals surface area (Å²) in [5.74, 6) is 0.538. The van der Waals surface area contributed by atoms with Crippen molar-refractivity contribution < 1.29 is 95.3 Å². The monoisotopic (exact) mass is 1590 g/mol. The highest BCUT2D eigenvalue weighted by molar-refractivity contribution is 8.78. The summed E-state index contributed by atoms with van der Waals surface area (Å²) in [6.45, 7) is 55.3. The van der Waals surface area contributed by atoms with Gasteiger partial charge < -0.3 is 47.4 Å². The Hall–Kier alpha value is -4.40. The molecule has 0 aliphatic heterocycles. The Kier molecular flexibility index (Phi) is 90.9. The summed E-state index contributed by atoms with van der Waals surface area (Å²) >= 11 is 0. The highest BCUT2D eigenvalue weighted by Gasteiger charge is 2.27. The fraction of sp³-hybridized carbons (Fsp3) is 0.565. The van der Waals surface area contributed by atoms with Gasteiger partial charge in [0.15, 0.2) is 0 Å². The van der Waals surface area contributed by atoms with Gasteiger partial charge in [-0.25, -0.2) is 47.9 Å². The van der Waals surface area contributed by atoms with Crippen molar-refractivity contribution >= 4 is 168 Å². The van der Waals surface area contributed by atoms with E-state index in [0.29, 0.717) is 62.7 Å². The molecular weight excluding hydrogens is 1470 g/mol. The first kappa shape index (κ1) is 116. The van der Waals surface area contributed by atoms with Gasteiger partial charge in [-0.2, -0.15) is 0 Å². The van der Waals surface area contributed by atoms with Crippen LogP contribution in [0, 0.1) is 0 Å². The summed E-state index contributed by atoms with van der Waals surface area (Å²) in [6, 6.07) is 0. The molecule has 0 aromatic heterocycles. The molecule has 0 radical (unpaired) electrons. The Morgan fingerprint density at radius 2 is 0.535 bits per heavy atom. The van der Waals surface area contributed by atoms with Gasteiger partial charge in [0.05, 0.1) is 26.4 Å². The van der Waals surface area contributed by atoms with Gasteiger partial charge in [-0.3, -0.25) is 0 Å². The summed E-state index contributed by atoms with van der Waals surface area (Å²) in [4.78, 5) is 109. The summed E-state index contributed by atoms with van der Waals surface area (Å²) in [5.41, 5.74) is 0. The standard InChI is InChI=1S/C16H26O4S2.C14H22O4S2.2C12H18O4S2.C10H14O4S2.5CH4/c1-7-13(17)19-11-9-15(3,4)21-22-16(5,6)10-12-20-14(18)8-2;1-7-13(15)17-9(3)11(5)19-20-12(6)10(4)18-14(16)8-2;1-5-11(13)15-9(3)7-17-18-8-10(4)16-12(14)6-2;1-3-11(13)15-7-5-9-17-18-10-6-8-16-12(14)4-2;1-3-9(11)13-5-7-15-16-8-6-14-10(12)4-2;;;;;/h7-8H,1-2,9-12H2,3-6H3;7-12H,1-2H2,3-6H3;5-6,9-10H,1-2,7-8H2,3-4H3;3-4H,1-2,5-10H2;3-4H,1-2,5-8H2;5*1H4. The quantitative estimate of drug-likeness (QED) is 0.0180. The third-order valence-electron chi connectivity index (χ3n) is 9.89. The number of hydrogen-bond acceptors (Lipinski definition) is 30. The minimum Gasteiger partial charge on any atom is -0.463 e. The highest BCUT2D eigenvalue weighted by atomic mass is 33.1. The minimum atomic E-state index is -0.420. The van der Waals surface area contributed by atoms with Crippen LogP contribution in [-0.2, 0) is 95.3 Å². The SMILES string of the molecule is C.C.C.C.C.C=CC(=O)OC(C)C(C)SSC(C)C(C)OC(=O)C=C.C=CC(=O)OC(C)CSSCC(C)OC(=O)C=C.C=CC(=O)OCCC(C)(C)SSC(C)(C)CCOC(=O)C=C.C=CC(=O)OCCCSSCCCOC(=O)C=C.C=CC(=O)OCCSSCCOC(=O)C=C. The van der Waals surface area contributed by atoms with Crippen LogP contribution in [0.15, 0.2) is 127 Å². The van der Waals surface area contributed by atoms with Crippen LogP contribution < -0.4 is 0 Å². The largest absolute Gasteiger partial charge is 0.463 e. The fourth-order valence-corrected chi connectivity index (χ4v) is 16.1. The van der Waals surface area contributed by atoms with Gasteiger partial charge in [-0.05, 0) is 94.9 Å². The van der Waals surface area contributed by atoms with Crippen LogP contribution in [0.5, 0.6) is 0 Å². The first-order valence-corrected chi connectivity index (χ1v) is 40.7. The topological polar surface area (TPSA) is 263 Å². The van der Waals surface area contributed by atoms with Crippen LogP contribution in [-0.4, -0.2) is 178 Å². The summed E-state index contributed by atoms with van der Waals surface area (Å²) in [6.07, 6.45) is 13.9. The maximum Gasteiger partial charge on any atom is 0.330 e. The van der Waals surface area contributed by atoms with Gasteiger partial charge in [-0.1, -0.05) is 211 Å². The molecule has 0 aliphatic rings. The molecule has 99 heavy (non-hydrogen) atoms. The zero-order chi connectivity index (χ0) is 72.8. The van der Waals surface area contributed by atoms with Crippen molar-refractivity contribution in [1.82, 2.24) is 0 Å². The van der Waals surface area contributed by atoms with Crippen molar-refractivity contribution in [1.29, 1.82) is 0 Å². The number of ether oxygens (including phenoxy) is 10. The lowest BCUT2D eigenvalue weighted by atomic mass is 10.1. The van der Waals surface area contributed by atoms with E-state index in [4.69, 9.17) is 47.4 Å². The van der Waals surface area contributed by atoms with E-state index in [0.717, 1.165) is 85.8 Å². The Morgan fingerprint density at radius 1 is 0.313 bits per heavy atom. The van der Waals surface area contributed by atoms with E-state index >= 15 is 0 Å². The fourth-order valence-electron chi connectivity index (χ4n) is 4.46. The lowest BCUT2D eigenvalue weighted by molar-refractivity contribution is -0.142. The van der Waals surface area contributed by atoms with E-state index in [1.807, 2.05) is 41.5 Å². The Morgan fingerprint density at radius 3 is 0.788 bits per heavy atom. The molecule has 0 fully saturated rings. The Balaban J connectivity index is -0.000000124. The molecule has 6 atom stereocenters. The van der Waals surface area contributed by atoms with Crippen LogP contribution in [0.1, 0.15) is 132 Å². The van der Waals surface area contributed by atoms with Gasteiger partial charge in [0.25, 0.3) is 0 Å². The second-order valence-electron chi connectivity index (χ2n) is 19.2. The third-order valence-corrected chi connectivity index (χ3v) is 25.5. The van der Waals surface area contributed by atoms with E-state index in [1.165, 1.54) is 12.2 Å². The normalized spacial score (nSPS) is 11.5. The van der Waals surface area contributed by atoms with Crippen LogP contribution >= 0.6 is 108 Å². The molecule has 0 saturated carbocycles. The average molecular weight is 1590 g/mol. The van der Waals surface area contributed by atoms with Crippen LogP contribution in [0.25, 0.3) is 0 Å². The van der Waals surface area contributed by atoms with Crippen LogP contribution in [0.3, 0.4) is 0 Å². The number of hydrogen-bond donors (Lipinski definition) is 0. The Labute approximate surface area is 635 Å². The van der Waals surface area contributed by atoms with Crippen molar-refractivity contribution in [2.75, 3.05) is 74.2 Å². The molecule has 20 nitrogen and oxygen atoms in total. The maximum atomic E-state index is 11.1. The van der Waals surface area contributed by atoms with Crippen molar-refractivity contribution in [2.24, 2.45) is 0 Å². The van der Waals surface area contributed by atoms with Gasteiger partial charge in [0, 0.05) is 115 Å². The van der Waals surface area contributed by atoms with Crippen molar-refractivity contribution in [2.45, 2.75) is 176 Å². The van der Waals surface area contributed by atoms with Gasteiger partial charge >= 0.3 is 59.7 Å². The summed E-state index contributed by atoms with van der Waals surface area (Å²) in [5, 5.41) is 0.238. The van der Waals surface area contributed by atoms with Crippen molar-refractivity contribution in [3.63, 3.8) is 0 Å². The highest BCUT2D eigenvalue weighted by Crippen LogP contribution is 2.46. The summed E-state index contributed by atoms with van der Waals surface area (Å²) < 4.78 is 49.5. The molecule has 0 heterocycles. The average Bonchev–Trinajstić information content (AvgIpc) is 0.940. The van der Waals surface area contributed by atoms with Gasteiger partial charge in [-0.15, -0.1) is 0 Å². The van der Waals surface area contributed by atoms with E-state index < -0.39 is 47.8 Å².